The predicted molar refractivity (Wildman–Crippen MR) is 46.7 cm³/mol. The number of carbonyl (C=O) groups is 2. The number of hydrogen-bond donors (Lipinski definition) is 0. The minimum Gasteiger partial charge on any atom is -0.434 e. The van der Waals surface area contributed by atoms with Crippen LogP contribution in [0.3, 0.4) is 0 Å². The Bertz CT molecular complexity index is 323. The smallest absolute Gasteiger partial charge is 0.434 e. The average molecular weight is 195 g/mol. The third-order valence-electron chi connectivity index (χ3n) is 1.35. The van der Waals surface area contributed by atoms with Crippen LogP contribution in [0, 0.1) is 0 Å². The van der Waals surface area contributed by atoms with Crippen LogP contribution in [0.1, 0.15) is 17.3 Å². The van der Waals surface area contributed by atoms with Gasteiger partial charge in [-0.25, -0.2) is 9.59 Å². The Morgan fingerprint density at radius 3 is 2.57 bits per heavy atom. The summed E-state index contributed by atoms with van der Waals surface area (Å²) in [6.45, 7) is 1.79. The Labute approximate surface area is 80.7 Å². The van der Waals surface area contributed by atoms with E-state index in [0.717, 1.165) is 0 Å². The average Bonchev–Trinajstić information content (AvgIpc) is 2.19. The maximum Gasteiger partial charge on any atom is 0.516 e. The van der Waals surface area contributed by atoms with Crippen molar-refractivity contribution < 1.29 is 19.1 Å². The maximum absolute atomic E-state index is 11.2. The van der Waals surface area contributed by atoms with Crippen LogP contribution in [-0.2, 0) is 9.47 Å². The molecule has 14 heavy (non-hydrogen) atoms. The van der Waals surface area contributed by atoms with Gasteiger partial charge in [-0.1, -0.05) is 0 Å². The van der Waals surface area contributed by atoms with E-state index >= 15 is 0 Å². The molecule has 1 heterocycles. The van der Waals surface area contributed by atoms with E-state index in [1.165, 1.54) is 24.5 Å². The summed E-state index contributed by atoms with van der Waals surface area (Å²) in [4.78, 5) is 25.6. The molecule has 0 amide bonds. The molecule has 1 aromatic heterocycles. The molecule has 0 radical (unpaired) electrons. The second-order valence-corrected chi connectivity index (χ2v) is 2.31. The molecule has 5 heteroatoms. The molecule has 0 unspecified atom stereocenters. The first-order chi connectivity index (χ1) is 6.74. The van der Waals surface area contributed by atoms with Crippen molar-refractivity contribution in [3.63, 3.8) is 0 Å². The van der Waals surface area contributed by atoms with E-state index in [1.54, 1.807) is 6.92 Å². The van der Waals surface area contributed by atoms with Gasteiger partial charge in [-0.15, -0.1) is 0 Å². The van der Waals surface area contributed by atoms with Crippen LogP contribution in [0.5, 0.6) is 0 Å². The van der Waals surface area contributed by atoms with Crippen molar-refractivity contribution in [1.82, 2.24) is 4.98 Å². The number of hydrogen-bond acceptors (Lipinski definition) is 5. The van der Waals surface area contributed by atoms with Gasteiger partial charge in [0.1, 0.15) is 0 Å². The fraction of sp³-hybridized carbons (Fsp3) is 0.222. The number of carbonyl (C=O) groups excluding carboxylic acids is 2. The molecule has 0 aromatic carbocycles. The normalized spacial score (nSPS) is 9.21. The highest BCUT2D eigenvalue weighted by atomic mass is 16.7. The van der Waals surface area contributed by atoms with Crippen molar-refractivity contribution in [3.05, 3.63) is 30.1 Å². The van der Waals surface area contributed by atoms with Crippen molar-refractivity contribution in [2.75, 3.05) is 6.61 Å². The molecule has 0 spiro atoms. The molecule has 1 aromatic rings. The van der Waals surface area contributed by atoms with Crippen molar-refractivity contribution in [2.24, 2.45) is 0 Å². The maximum atomic E-state index is 11.2. The van der Waals surface area contributed by atoms with E-state index in [-0.39, 0.29) is 12.2 Å². The Morgan fingerprint density at radius 1 is 1.36 bits per heavy atom. The molecule has 0 aliphatic heterocycles. The molecule has 0 N–H and O–H groups in total. The summed E-state index contributed by atoms with van der Waals surface area (Å²) in [5.74, 6) is -0.745. The van der Waals surface area contributed by atoms with Gasteiger partial charge in [-0.2, -0.15) is 0 Å². The molecule has 0 aliphatic carbocycles. The number of ether oxygens (including phenoxy) is 2. The third-order valence-corrected chi connectivity index (χ3v) is 1.35. The van der Waals surface area contributed by atoms with Crippen LogP contribution in [0.15, 0.2) is 24.5 Å². The summed E-state index contributed by atoms with van der Waals surface area (Å²) < 4.78 is 8.79. The van der Waals surface area contributed by atoms with Crippen molar-refractivity contribution in [1.29, 1.82) is 0 Å². The number of esters is 1. The van der Waals surface area contributed by atoms with Gasteiger partial charge >= 0.3 is 12.1 Å². The first kappa shape index (κ1) is 10.2. The Balaban J connectivity index is 2.55. The first-order valence-electron chi connectivity index (χ1n) is 4.03. The minimum absolute atomic E-state index is 0.169. The molecule has 74 valence electrons. The van der Waals surface area contributed by atoms with E-state index in [9.17, 15) is 9.59 Å². The number of nitrogens with zero attached hydrogens (tertiary/aromatic N) is 1. The highest BCUT2D eigenvalue weighted by Crippen LogP contribution is 2.00. The van der Waals surface area contributed by atoms with Gasteiger partial charge in [0.25, 0.3) is 0 Å². The predicted octanol–water partition coefficient (Wildman–Crippen LogP) is 1.39. The van der Waals surface area contributed by atoms with Crippen molar-refractivity contribution in [3.8, 4) is 0 Å². The lowest BCUT2D eigenvalue weighted by Gasteiger charge is -2.01. The van der Waals surface area contributed by atoms with Gasteiger partial charge in [0.2, 0.25) is 0 Å². The number of pyridine rings is 1. The fourth-order valence-electron chi connectivity index (χ4n) is 0.770. The summed E-state index contributed by atoms with van der Waals surface area (Å²) >= 11 is 0. The van der Waals surface area contributed by atoms with Gasteiger partial charge < -0.3 is 9.47 Å². The van der Waals surface area contributed by atoms with Crippen molar-refractivity contribution >= 4 is 12.1 Å². The van der Waals surface area contributed by atoms with Crippen LogP contribution in [0.25, 0.3) is 0 Å². The molecule has 0 atom stereocenters. The number of aromatic nitrogens is 1. The molecule has 0 fully saturated rings. The van der Waals surface area contributed by atoms with Crippen molar-refractivity contribution in [2.45, 2.75) is 6.92 Å². The van der Waals surface area contributed by atoms with Gasteiger partial charge in [-0.05, 0) is 19.1 Å². The van der Waals surface area contributed by atoms with Crippen LogP contribution < -0.4 is 0 Å². The molecule has 0 saturated carbocycles. The van der Waals surface area contributed by atoms with Crippen LogP contribution in [0.2, 0.25) is 0 Å². The van der Waals surface area contributed by atoms with E-state index in [2.05, 4.69) is 14.5 Å². The first-order valence-corrected chi connectivity index (χ1v) is 4.03. The summed E-state index contributed by atoms with van der Waals surface area (Å²) in [5.41, 5.74) is 0.257. The zero-order valence-electron chi connectivity index (χ0n) is 7.60. The van der Waals surface area contributed by atoms with Gasteiger partial charge in [-0.3, -0.25) is 4.98 Å². The molecular formula is C9H9NO4. The molecule has 5 nitrogen and oxygen atoms in total. The summed E-state index contributed by atoms with van der Waals surface area (Å²) in [7, 11) is 0. The third kappa shape index (κ3) is 2.85. The fourth-order valence-corrected chi connectivity index (χ4v) is 0.770. The zero-order chi connectivity index (χ0) is 10.4. The summed E-state index contributed by atoms with van der Waals surface area (Å²) in [5, 5.41) is 0. The lowest BCUT2D eigenvalue weighted by molar-refractivity contribution is 0.0401. The van der Waals surface area contributed by atoms with E-state index < -0.39 is 12.1 Å². The zero-order valence-corrected chi connectivity index (χ0v) is 7.60. The minimum atomic E-state index is -0.991. The lowest BCUT2D eigenvalue weighted by atomic mass is 10.3. The topological polar surface area (TPSA) is 65.5 Å². The largest absolute Gasteiger partial charge is 0.516 e. The second-order valence-electron chi connectivity index (χ2n) is 2.31. The van der Waals surface area contributed by atoms with Gasteiger partial charge in [0, 0.05) is 12.4 Å². The summed E-state index contributed by atoms with van der Waals surface area (Å²) in [6.07, 6.45) is 1.87. The highest BCUT2D eigenvalue weighted by molar-refractivity contribution is 5.95. The summed E-state index contributed by atoms with van der Waals surface area (Å²) in [6, 6.07) is 2.89. The van der Waals surface area contributed by atoms with Crippen LogP contribution in [0.4, 0.5) is 4.79 Å². The number of rotatable bonds is 2. The highest BCUT2D eigenvalue weighted by Gasteiger charge is 2.12. The molecule has 1 rings (SSSR count). The van der Waals surface area contributed by atoms with E-state index in [0.29, 0.717) is 0 Å². The van der Waals surface area contributed by atoms with Crippen LogP contribution in [-0.4, -0.2) is 23.7 Å². The quantitative estimate of drug-likeness (QED) is 0.527. The molecule has 0 saturated heterocycles. The Hall–Kier alpha value is -1.91. The second kappa shape index (κ2) is 4.96. The molecule has 0 aliphatic rings. The lowest BCUT2D eigenvalue weighted by Crippen LogP contribution is -2.13. The molecule has 0 bridgehead atoms. The SMILES string of the molecule is CCOC(=O)OC(=O)c1ccncc1. The van der Waals surface area contributed by atoms with E-state index in [4.69, 9.17) is 0 Å². The Kier molecular flexibility index (Phi) is 3.60. The Morgan fingerprint density at radius 2 is 2.00 bits per heavy atom. The van der Waals surface area contributed by atoms with Crippen LogP contribution >= 0.6 is 0 Å². The standard InChI is InChI=1S/C9H9NO4/c1-2-13-9(12)14-8(11)7-3-5-10-6-4-7/h3-6H,2H2,1H3. The van der Waals surface area contributed by atoms with Gasteiger partial charge in [0.05, 0.1) is 12.2 Å². The molecular weight excluding hydrogens is 186 g/mol. The monoisotopic (exact) mass is 195 g/mol. The van der Waals surface area contributed by atoms with Gasteiger partial charge in [0.15, 0.2) is 0 Å². The van der Waals surface area contributed by atoms with E-state index in [1.807, 2.05) is 0 Å².